The molecule has 0 N–H and O–H groups in total. The van der Waals surface area contributed by atoms with Crippen molar-refractivity contribution in [2.45, 2.75) is 26.2 Å². The third-order valence-electron chi connectivity index (χ3n) is 3.68. The molecule has 0 radical (unpaired) electrons. The first-order chi connectivity index (χ1) is 11.5. The van der Waals surface area contributed by atoms with Crippen LogP contribution >= 0.6 is 11.3 Å². The Bertz CT molecular complexity index is 712. The van der Waals surface area contributed by atoms with E-state index in [-0.39, 0.29) is 18.3 Å². The zero-order valence-corrected chi connectivity index (χ0v) is 15.1. The molecule has 6 heteroatoms. The molecular weight excluding hydrogens is 324 g/mol. The fourth-order valence-electron chi connectivity index (χ4n) is 2.28. The quantitative estimate of drug-likeness (QED) is 0.723. The van der Waals surface area contributed by atoms with Crippen LogP contribution in [0.3, 0.4) is 0 Å². The lowest BCUT2D eigenvalue weighted by Gasteiger charge is -2.16. The summed E-state index contributed by atoms with van der Waals surface area (Å²) in [4.78, 5) is 29.5. The molecule has 0 spiro atoms. The third-order valence-corrected chi connectivity index (χ3v) is 4.62. The van der Waals surface area contributed by atoms with Gasteiger partial charge in [-0.25, -0.2) is 4.98 Å². The lowest BCUT2D eigenvalue weighted by atomic mass is 10.1. The number of ether oxygens (including phenoxy) is 1. The number of amides is 1. The number of likely N-dealkylation sites (N-methyl/N-ethyl adjacent to an activating group) is 1. The Morgan fingerprint density at radius 3 is 2.83 bits per heavy atom. The van der Waals surface area contributed by atoms with Crippen molar-refractivity contribution in [2.75, 3.05) is 20.7 Å². The minimum absolute atomic E-state index is 0.000887. The van der Waals surface area contributed by atoms with Crippen LogP contribution in [0, 0.1) is 6.92 Å². The smallest absolute Gasteiger partial charge is 0.305 e. The number of methoxy groups -OCH3 is 1. The highest BCUT2D eigenvalue weighted by Gasteiger charge is 2.13. The normalized spacial score (nSPS) is 10.5. The molecule has 0 aliphatic carbocycles. The van der Waals surface area contributed by atoms with Gasteiger partial charge in [0.05, 0.1) is 19.2 Å². The van der Waals surface area contributed by atoms with Crippen molar-refractivity contribution in [3.05, 3.63) is 40.9 Å². The van der Waals surface area contributed by atoms with E-state index in [0.29, 0.717) is 19.4 Å². The second kappa shape index (κ2) is 8.59. The van der Waals surface area contributed by atoms with Gasteiger partial charge in [-0.2, -0.15) is 0 Å². The van der Waals surface area contributed by atoms with Gasteiger partial charge in [-0.15, -0.1) is 11.3 Å². The highest BCUT2D eigenvalue weighted by Crippen LogP contribution is 2.24. The summed E-state index contributed by atoms with van der Waals surface area (Å²) >= 11 is 1.55. The molecule has 0 fully saturated rings. The van der Waals surface area contributed by atoms with Crippen LogP contribution in [0.2, 0.25) is 0 Å². The van der Waals surface area contributed by atoms with Gasteiger partial charge in [-0.05, 0) is 19.4 Å². The molecule has 5 nitrogen and oxygen atoms in total. The highest BCUT2D eigenvalue weighted by atomic mass is 32.1. The molecule has 1 amide bonds. The van der Waals surface area contributed by atoms with Gasteiger partial charge in [-0.1, -0.05) is 23.8 Å². The van der Waals surface area contributed by atoms with Crippen LogP contribution in [0.15, 0.2) is 29.6 Å². The minimum Gasteiger partial charge on any atom is -0.469 e. The molecule has 1 aromatic carbocycles. The number of thiazole rings is 1. The molecule has 0 saturated carbocycles. The number of esters is 1. The molecule has 2 rings (SSSR count). The molecular formula is C18H22N2O3S. The summed E-state index contributed by atoms with van der Waals surface area (Å²) in [7, 11) is 3.11. The number of hydrogen-bond acceptors (Lipinski definition) is 5. The number of aryl methyl sites for hydroxylation is 1. The summed E-state index contributed by atoms with van der Waals surface area (Å²) in [6.45, 7) is 2.58. The van der Waals surface area contributed by atoms with E-state index in [0.717, 1.165) is 16.3 Å². The summed E-state index contributed by atoms with van der Waals surface area (Å²) in [6.07, 6.45) is 1.19. The summed E-state index contributed by atoms with van der Waals surface area (Å²) in [5.74, 6) is -0.251. The maximum Gasteiger partial charge on any atom is 0.305 e. The minimum atomic E-state index is -0.252. The molecule has 1 heterocycles. The molecule has 2 aromatic rings. The van der Waals surface area contributed by atoms with Crippen LogP contribution in [-0.2, 0) is 20.7 Å². The number of carbonyl (C=O) groups is 2. The van der Waals surface area contributed by atoms with E-state index in [4.69, 9.17) is 0 Å². The van der Waals surface area contributed by atoms with E-state index in [1.54, 1.807) is 23.3 Å². The second-order valence-corrected chi connectivity index (χ2v) is 6.54. The van der Waals surface area contributed by atoms with Crippen molar-refractivity contribution in [1.29, 1.82) is 0 Å². The first kappa shape index (κ1) is 18.1. The molecule has 128 valence electrons. The average molecular weight is 346 g/mol. The summed E-state index contributed by atoms with van der Waals surface area (Å²) in [5, 5.41) is 2.85. The van der Waals surface area contributed by atoms with Gasteiger partial charge < -0.3 is 9.64 Å². The number of nitrogens with zero attached hydrogens (tertiary/aromatic N) is 2. The summed E-state index contributed by atoms with van der Waals surface area (Å²) < 4.78 is 4.59. The van der Waals surface area contributed by atoms with Crippen molar-refractivity contribution < 1.29 is 14.3 Å². The Balaban J connectivity index is 1.89. The van der Waals surface area contributed by atoms with E-state index in [1.807, 2.05) is 30.5 Å². The predicted molar refractivity (Wildman–Crippen MR) is 94.9 cm³/mol. The second-order valence-electron chi connectivity index (χ2n) is 5.69. The third kappa shape index (κ3) is 5.16. The van der Waals surface area contributed by atoms with Crippen LogP contribution in [0.1, 0.15) is 24.1 Å². The lowest BCUT2D eigenvalue weighted by molar-refractivity contribution is -0.141. The van der Waals surface area contributed by atoms with Crippen molar-refractivity contribution in [3.8, 4) is 10.6 Å². The maximum absolute atomic E-state index is 12.2. The molecule has 0 aliphatic rings. The Labute approximate surface area is 146 Å². The van der Waals surface area contributed by atoms with Crippen LogP contribution in [-0.4, -0.2) is 42.5 Å². The number of rotatable bonds is 7. The van der Waals surface area contributed by atoms with Gasteiger partial charge >= 0.3 is 5.97 Å². The molecule has 0 atom stereocenters. The van der Waals surface area contributed by atoms with Crippen molar-refractivity contribution >= 4 is 23.2 Å². The number of aromatic nitrogens is 1. The maximum atomic E-state index is 12.2. The van der Waals surface area contributed by atoms with Gasteiger partial charge in [0, 0.05) is 31.0 Å². The largest absolute Gasteiger partial charge is 0.469 e. The van der Waals surface area contributed by atoms with E-state index in [9.17, 15) is 9.59 Å². The van der Waals surface area contributed by atoms with Crippen molar-refractivity contribution in [2.24, 2.45) is 0 Å². The standard InChI is InChI=1S/C18H22N2O3S/c1-13-6-4-7-14(10-13)18-19-15(12-24-18)11-16(21)20(2)9-5-8-17(22)23-3/h4,6-7,10,12H,5,8-9,11H2,1-3H3. The Kier molecular flexibility index (Phi) is 6.49. The predicted octanol–water partition coefficient (Wildman–Crippen LogP) is 3.07. The van der Waals surface area contributed by atoms with Gasteiger partial charge in [0.1, 0.15) is 5.01 Å². The Hall–Kier alpha value is -2.21. The fourth-order valence-corrected chi connectivity index (χ4v) is 3.09. The van der Waals surface area contributed by atoms with Crippen LogP contribution in [0.5, 0.6) is 0 Å². The van der Waals surface area contributed by atoms with E-state index in [2.05, 4.69) is 15.8 Å². The summed E-state index contributed by atoms with van der Waals surface area (Å²) in [5.41, 5.74) is 3.04. The van der Waals surface area contributed by atoms with Gasteiger partial charge in [0.2, 0.25) is 5.91 Å². The van der Waals surface area contributed by atoms with Crippen molar-refractivity contribution in [1.82, 2.24) is 9.88 Å². The van der Waals surface area contributed by atoms with Gasteiger partial charge in [-0.3, -0.25) is 9.59 Å². The zero-order chi connectivity index (χ0) is 17.5. The van der Waals surface area contributed by atoms with Gasteiger partial charge in [0.15, 0.2) is 0 Å². The van der Waals surface area contributed by atoms with Gasteiger partial charge in [0.25, 0.3) is 0 Å². The summed E-state index contributed by atoms with van der Waals surface area (Å²) in [6, 6.07) is 8.16. The van der Waals surface area contributed by atoms with Crippen LogP contribution in [0.4, 0.5) is 0 Å². The molecule has 24 heavy (non-hydrogen) atoms. The number of hydrogen-bond donors (Lipinski definition) is 0. The number of carbonyl (C=O) groups excluding carboxylic acids is 2. The van der Waals surface area contributed by atoms with E-state index >= 15 is 0 Å². The average Bonchev–Trinajstić information content (AvgIpc) is 3.03. The van der Waals surface area contributed by atoms with Crippen LogP contribution < -0.4 is 0 Å². The molecule has 0 unspecified atom stereocenters. The molecule has 0 bridgehead atoms. The monoisotopic (exact) mass is 346 g/mol. The highest BCUT2D eigenvalue weighted by molar-refractivity contribution is 7.13. The molecule has 0 saturated heterocycles. The number of benzene rings is 1. The molecule has 1 aromatic heterocycles. The first-order valence-electron chi connectivity index (χ1n) is 7.82. The lowest BCUT2D eigenvalue weighted by Crippen LogP contribution is -2.29. The Morgan fingerprint density at radius 1 is 1.33 bits per heavy atom. The Morgan fingerprint density at radius 2 is 2.12 bits per heavy atom. The fraction of sp³-hybridized carbons (Fsp3) is 0.389. The van der Waals surface area contributed by atoms with E-state index in [1.165, 1.54) is 12.7 Å². The SMILES string of the molecule is COC(=O)CCCN(C)C(=O)Cc1csc(-c2cccc(C)c2)n1. The molecule has 0 aliphatic heterocycles. The zero-order valence-electron chi connectivity index (χ0n) is 14.2. The van der Waals surface area contributed by atoms with E-state index < -0.39 is 0 Å². The topological polar surface area (TPSA) is 59.5 Å². The van der Waals surface area contributed by atoms with Crippen molar-refractivity contribution in [3.63, 3.8) is 0 Å². The van der Waals surface area contributed by atoms with Crippen LogP contribution in [0.25, 0.3) is 10.6 Å². The first-order valence-corrected chi connectivity index (χ1v) is 8.70.